The maximum absolute atomic E-state index is 13.7. The van der Waals surface area contributed by atoms with Gasteiger partial charge in [-0.2, -0.15) is 0 Å². The smallest absolute Gasteiger partial charge is 0.256 e. The average Bonchev–Trinajstić information content (AvgIpc) is 3.14. The number of amides is 3. The van der Waals surface area contributed by atoms with E-state index in [0.717, 1.165) is 0 Å². The number of H-pyrrole nitrogens is 1. The average molecular weight is 428 g/mol. The molecule has 8 nitrogen and oxygen atoms in total. The van der Waals surface area contributed by atoms with Crippen LogP contribution in [0.1, 0.15) is 39.8 Å². The summed E-state index contributed by atoms with van der Waals surface area (Å²) >= 11 is 0. The normalized spacial score (nSPS) is 16.0. The molecule has 3 amide bonds. The van der Waals surface area contributed by atoms with E-state index < -0.39 is 29.8 Å². The predicted molar refractivity (Wildman–Crippen MR) is 115 cm³/mol. The topological polar surface area (TPSA) is 115 Å². The maximum Gasteiger partial charge on any atom is 0.256 e. The van der Waals surface area contributed by atoms with E-state index in [1.807, 2.05) is 0 Å². The van der Waals surface area contributed by atoms with Gasteiger partial charge in [-0.15, -0.1) is 0 Å². The Balaban J connectivity index is 1.96. The van der Waals surface area contributed by atoms with Gasteiger partial charge in [-0.25, -0.2) is 4.39 Å². The molecule has 0 saturated heterocycles. The van der Waals surface area contributed by atoms with E-state index in [-0.39, 0.29) is 11.5 Å². The number of hydrogen-bond acceptors (Lipinski definition) is 4. The van der Waals surface area contributed by atoms with Gasteiger partial charge in [-0.1, -0.05) is 0 Å². The number of carbonyl (C=O) groups is 3. The van der Waals surface area contributed by atoms with Crippen LogP contribution in [0.15, 0.2) is 18.2 Å². The first-order valence-electron chi connectivity index (χ1n) is 9.73. The lowest BCUT2D eigenvalue weighted by Crippen LogP contribution is -2.52. The molecule has 1 aromatic carbocycles. The molecule has 9 heteroatoms. The first-order valence-corrected chi connectivity index (χ1v) is 9.73. The van der Waals surface area contributed by atoms with Gasteiger partial charge in [0.05, 0.1) is 17.2 Å². The van der Waals surface area contributed by atoms with Crippen LogP contribution in [0.4, 0.5) is 10.1 Å². The number of aromatic nitrogens is 1. The van der Waals surface area contributed by atoms with Crippen molar-refractivity contribution in [1.29, 1.82) is 0 Å². The molecule has 0 unspecified atom stereocenters. The molecular weight excluding hydrogens is 403 g/mol. The Labute approximate surface area is 179 Å². The number of aliphatic hydroxyl groups is 1. The zero-order chi connectivity index (χ0) is 23.0. The van der Waals surface area contributed by atoms with Gasteiger partial charge in [-0.05, 0) is 50.6 Å². The summed E-state index contributed by atoms with van der Waals surface area (Å²) in [5.74, 6) is -1.79. The van der Waals surface area contributed by atoms with Crippen LogP contribution in [-0.2, 0) is 9.59 Å². The summed E-state index contributed by atoms with van der Waals surface area (Å²) in [5.41, 5.74) is 3.13. The number of carbonyl (C=O) groups excluding carboxylic acids is 3. The zero-order valence-electron chi connectivity index (χ0n) is 18.0. The van der Waals surface area contributed by atoms with Crippen molar-refractivity contribution >= 4 is 35.1 Å². The quantitative estimate of drug-likeness (QED) is 0.544. The van der Waals surface area contributed by atoms with Crippen molar-refractivity contribution in [1.82, 2.24) is 15.2 Å². The number of fused-ring (bicyclic) bond motifs is 1. The van der Waals surface area contributed by atoms with Crippen LogP contribution >= 0.6 is 0 Å². The van der Waals surface area contributed by atoms with Crippen LogP contribution in [0.25, 0.3) is 11.6 Å². The lowest BCUT2D eigenvalue weighted by Gasteiger charge is -2.24. The number of aromatic amines is 1. The molecule has 1 aliphatic rings. The molecule has 0 aliphatic carbocycles. The SMILES string of the molecule is Cc1[nH]c(/C=C2\C(=O)Nc3ccc(F)cc32)c(C)c1C(=O)N[C@H](C(=O)N(C)C)[C@@H](C)O. The highest BCUT2D eigenvalue weighted by molar-refractivity contribution is 6.34. The van der Waals surface area contributed by atoms with Crippen LogP contribution in [0.2, 0.25) is 0 Å². The van der Waals surface area contributed by atoms with E-state index in [9.17, 15) is 23.9 Å². The lowest BCUT2D eigenvalue weighted by atomic mass is 10.0. The molecule has 0 fully saturated rings. The van der Waals surface area contributed by atoms with E-state index in [1.165, 1.54) is 44.1 Å². The summed E-state index contributed by atoms with van der Waals surface area (Å²) < 4.78 is 13.7. The number of aliphatic hydroxyl groups excluding tert-OH is 1. The molecule has 31 heavy (non-hydrogen) atoms. The molecule has 2 atom stereocenters. The number of rotatable bonds is 5. The number of aryl methyl sites for hydroxylation is 1. The third-order valence-corrected chi connectivity index (χ3v) is 5.23. The van der Waals surface area contributed by atoms with Crippen molar-refractivity contribution in [2.24, 2.45) is 0 Å². The van der Waals surface area contributed by atoms with Crippen molar-refractivity contribution in [2.75, 3.05) is 19.4 Å². The fourth-order valence-corrected chi connectivity index (χ4v) is 3.59. The highest BCUT2D eigenvalue weighted by atomic mass is 19.1. The Morgan fingerprint density at radius 3 is 2.55 bits per heavy atom. The number of halogens is 1. The molecule has 2 heterocycles. The third-order valence-electron chi connectivity index (χ3n) is 5.23. The predicted octanol–water partition coefficient (Wildman–Crippen LogP) is 1.83. The Morgan fingerprint density at radius 1 is 1.26 bits per heavy atom. The Hall–Kier alpha value is -3.46. The Kier molecular flexibility index (Phi) is 5.99. The maximum atomic E-state index is 13.7. The number of hydrogen-bond donors (Lipinski definition) is 4. The van der Waals surface area contributed by atoms with Gasteiger partial charge in [-0.3, -0.25) is 14.4 Å². The van der Waals surface area contributed by atoms with E-state index >= 15 is 0 Å². The van der Waals surface area contributed by atoms with E-state index in [1.54, 1.807) is 19.9 Å². The van der Waals surface area contributed by atoms with Crippen molar-refractivity contribution in [2.45, 2.75) is 32.9 Å². The Morgan fingerprint density at radius 2 is 1.94 bits per heavy atom. The van der Waals surface area contributed by atoms with Crippen LogP contribution < -0.4 is 10.6 Å². The minimum absolute atomic E-state index is 0.274. The molecule has 2 aromatic rings. The highest BCUT2D eigenvalue weighted by Gasteiger charge is 2.30. The van der Waals surface area contributed by atoms with Crippen LogP contribution in [0.3, 0.4) is 0 Å². The molecule has 0 saturated carbocycles. The summed E-state index contributed by atoms with van der Waals surface area (Å²) in [4.78, 5) is 42.0. The number of nitrogens with one attached hydrogen (secondary N) is 3. The van der Waals surface area contributed by atoms with E-state index in [0.29, 0.717) is 33.8 Å². The van der Waals surface area contributed by atoms with Crippen molar-refractivity contribution < 1.29 is 23.9 Å². The van der Waals surface area contributed by atoms with Crippen molar-refractivity contribution in [3.05, 3.63) is 52.1 Å². The van der Waals surface area contributed by atoms with Gasteiger partial charge < -0.3 is 25.6 Å². The fraction of sp³-hybridized carbons (Fsp3) is 0.318. The lowest BCUT2D eigenvalue weighted by molar-refractivity contribution is -0.133. The minimum atomic E-state index is -1.10. The number of likely N-dealkylation sites (N-methyl/N-ethyl adjacent to an activating group) is 1. The first kappa shape index (κ1) is 22.2. The van der Waals surface area contributed by atoms with Gasteiger partial charge >= 0.3 is 0 Å². The first-order chi connectivity index (χ1) is 14.5. The standard InChI is InChI=1S/C22H25FN4O4/c1-10-17(9-15-14-8-13(23)6-7-16(14)25-20(15)29)24-11(2)18(10)21(30)26-19(12(3)28)22(31)27(4)5/h6-9,12,19,24,28H,1-5H3,(H,25,29)(H,26,30)/b15-9-/t12-,19+/m1/s1. The third kappa shape index (κ3) is 4.22. The largest absolute Gasteiger partial charge is 0.391 e. The monoisotopic (exact) mass is 428 g/mol. The molecule has 0 radical (unpaired) electrons. The highest BCUT2D eigenvalue weighted by Crippen LogP contribution is 2.34. The molecule has 1 aromatic heterocycles. The summed E-state index contributed by atoms with van der Waals surface area (Å²) in [6.45, 7) is 4.82. The van der Waals surface area contributed by atoms with Gasteiger partial charge in [0.15, 0.2) is 0 Å². The second-order valence-electron chi connectivity index (χ2n) is 7.79. The number of anilines is 1. The summed E-state index contributed by atoms with van der Waals surface area (Å²) in [5, 5.41) is 15.2. The van der Waals surface area contributed by atoms with Crippen LogP contribution in [0.5, 0.6) is 0 Å². The van der Waals surface area contributed by atoms with Crippen molar-refractivity contribution in [3.8, 4) is 0 Å². The second-order valence-corrected chi connectivity index (χ2v) is 7.79. The second kappa shape index (κ2) is 8.35. The van der Waals surface area contributed by atoms with E-state index in [2.05, 4.69) is 15.6 Å². The van der Waals surface area contributed by atoms with Gasteiger partial charge in [0.25, 0.3) is 11.8 Å². The van der Waals surface area contributed by atoms with Gasteiger partial charge in [0.2, 0.25) is 5.91 Å². The molecule has 164 valence electrons. The van der Waals surface area contributed by atoms with E-state index in [4.69, 9.17) is 0 Å². The molecule has 1 aliphatic heterocycles. The fourth-order valence-electron chi connectivity index (χ4n) is 3.59. The summed E-state index contributed by atoms with van der Waals surface area (Å²) in [7, 11) is 3.07. The van der Waals surface area contributed by atoms with Crippen LogP contribution in [-0.4, -0.2) is 59.0 Å². The van der Waals surface area contributed by atoms with Gasteiger partial charge in [0.1, 0.15) is 11.9 Å². The van der Waals surface area contributed by atoms with Crippen molar-refractivity contribution in [3.63, 3.8) is 0 Å². The number of benzene rings is 1. The molecule has 0 bridgehead atoms. The zero-order valence-corrected chi connectivity index (χ0v) is 18.0. The molecule has 4 N–H and O–H groups in total. The molecule has 3 rings (SSSR count). The number of nitrogens with zero attached hydrogens (tertiary/aromatic N) is 1. The minimum Gasteiger partial charge on any atom is -0.391 e. The van der Waals surface area contributed by atoms with Crippen LogP contribution in [0, 0.1) is 19.7 Å². The Bertz CT molecular complexity index is 1100. The molecule has 0 spiro atoms. The summed E-state index contributed by atoms with van der Waals surface area (Å²) in [6.07, 6.45) is 0.477. The summed E-state index contributed by atoms with van der Waals surface area (Å²) in [6, 6.07) is 2.93. The molecular formula is C22H25FN4O4. The van der Waals surface area contributed by atoms with Gasteiger partial charge in [0, 0.05) is 36.7 Å².